The van der Waals surface area contributed by atoms with E-state index in [4.69, 9.17) is 5.73 Å². The molecule has 1 aliphatic heterocycles. The van der Waals surface area contributed by atoms with Crippen LogP contribution in [0.4, 0.5) is 4.79 Å². The second-order valence-electron chi connectivity index (χ2n) is 5.23. The number of nitrogens with one attached hydrogen (secondary N) is 1. The van der Waals surface area contributed by atoms with Crippen LogP contribution in [-0.2, 0) is 6.54 Å². The highest BCUT2D eigenvalue weighted by Gasteiger charge is 2.36. The quantitative estimate of drug-likeness (QED) is 0.851. The summed E-state index contributed by atoms with van der Waals surface area (Å²) in [6.45, 7) is 4.82. The molecule has 1 aliphatic rings. The molecule has 2 amide bonds. The van der Waals surface area contributed by atoms with Gasteiger partial charge in [-0.2, -0.15) is 0 Å². The Kier molecular flexibility index (Phi) is 3.87. The summed E-state index contributed by atoms with van der Waals surface area (Å²) in [5.74, 6) is 0. The van der Waals surface area contributed by atoms with E-state index in [1.165, 1.54) is 12.0 Å². The maximum Gasteiger partial charge on any atom is 0.312 e. The van der Waals surface area contributed by atoms with Crippen molar-refractivity contribution in [2.45, 2.75) is 31.8 Å². The third-order valence-electron chi connectivity index (χ3n) is 3.77. The highest BCUT2D eigenvalue weighted by atomic mass is 16.2. The van der Waals surface area contributed by atoms with E-state index in [9.17, 15) is 4.79 Å². The molecule has 0 aromatic heterocycles. The Hall–Kier alpha value is -1.55. The molecule has 1 fully saturated rings. The number of rotatable bonds is 4. The third kappa shape index (κ3) is 3.01. The number of nitrogens with zero attached hydrogens (tertiary/aromatic N) is 1. The lowest BCUT2D eigenvalue weighted by Crippen LogP contribution is -2.50. The molecule has 1 unspecified atom stereocenters. The maximum atomic E-state index is 10.9. The van der Waals surface area contributed by atoms with Crippen molar-refractivity contribution in [1.82, 2.24) is 10.2 Å². The standard InChI is InChI=1S/C14H21N3O/c1-14(11-16-13(15)18)8-5-9-17(14)10-12-6-3-2-4-7-12/h2-4,6-7H,5,8-11H2,1H3,(H3,15,16,18). The second-order valence-corrected chi connectivity index (χ2v) is 5.23. The van der Waals surface area contributed by atoms with E-state index >= 15 is 0 Å². The van der Waals surface area contributed by atoms with Gasteiger partial charge in [0.2, 0.25) is 0 Å². The number of primary amides is 1. The summed E-state index contributed by atoms with van der Waals surface area (Å²) >= 11 is 0. The van der Waals surface area contributed by atoms with E-state index < -0.39 is 6.03 Å². The van der Waals surface area contributed by atoms with Gasteiger partial charge in [0, 0.05) is 18.6 Å². The number of likely N-dealkylation sites (tertiary alicyclic amines) is 1. The molecule has 2 rings (SSSR count). The maximum absolute atomic E-state index is 10.9. The monoisotopic (exact) mass is 247 g/mol. The minimum atomic E-state index is -0.442. The average Bonchev–Trinajstić information content (AvgIpc) is 2.71. The Balaban J connectivity index is 2.00. The molecule has 0 aliphatic carbocycles. The summed E-state index contributed by atoms with van der Waals surface area (Å²) in [6.07, 6.45) is 2.27. The molecule has 0 saturated carbocycles. The first-order chi connectivity index (χ1) is 8.60. The van der Waals surface area contributed by atoms with Crippen molar-refractivity contribution in [3.63, 3.8) is 0 Å². The molecule has 0 bridgehead atoms. The van der Waals surface area contributed by atoms with Gasteiger partial charge in [0.25, 0.3) is 0 Å². The van der Waals surface area contributed by atoms with Crippen molar-refractivity contribution < 1.29 is 4.79 Å². The highest BCUT2D eigenvalue weighted by Crippen LogP contribution is 2.29. The molecule has 0 spiro atoms. The molecule has 4 heteroatoms. The normalized spacial score (nSPS) is 24.1. The van der Waals surface area contributed by atoms with Crippen LogP contribution in [0.15, 0.2) is 30.3 Å². The van der Waals surface area contributed by atoms with Crippen molar-refractivity contribution >= 4 is 6.03 Å². The lowest BCUT2D eigenvalue weighted by molar-refractivity contribution is 0.146. The first kappa shape index (κ1) is 12.9. The Labute approximate surface area is 108 Å². The Morgan fingerprint density at radius 2 is 2.17 bits per heavy atom. The van der Waals surface area contributed by atoms with E-state index in [2.05, 4.69) is 41.4 Å². The van der Waals surface area contributed by atoms with Crippen molar-refractivity contribution in [2.24, 2.45) is 5.73 Å². The topological polar surface area (TPSA) is 58.4 Å². The summed E-state index contributed by atoms with van der Waals surface area (Å²) in [5, 5.41) is 2.74. The lowest BCUT2D eigenvalue weighted by atomic mass is 9.98. The van der Waals surface area contributed by atoms with Crippen LogP contribution in [0.25, 0.3) is 0 Å². The van der Waals surface area contributed by atoms with Crippen LogP contribution in [0.3, 0.4) is 0 Å². The molecular formula is C14H21N3O. The number of amides is 2. The van der Waals surface area contributed by atoms with Crippen LogP contribution in [0.5, 0.6) is 0 Å². The number of urea groups is 1. The number of carbonyl (C=O) groups is 1. The van der Waals surface area contributed by atoms with Gasteiger partial charge >= 0.3 is 6.03 Å². The molecule has 3 N–H and O–H groups in total. The zero-order valence-electron chi connectivity index (χ0n) is 10.9. The van der Waals surface area contributed by atoms with Crippen LogP contribution in [-0.4, -0.2) is 29.6 Å². The van der Waals surface area contributed by atoms with Crippen molar-refractivity contribution in [3.8, 4) is 0 Å². The van der Waals surface area contributed by atoms with Gasteiger partial charge in [0.15, 0.2) is 0 Å². The molecule has 4 nitrogen and oxygen atoms in total. The fraction of sp³-hybridized carbons (Fsp3) is 0.500. The lowest BCUT2D eigenvalue weighted by Gasteiger charge is -2.35. The first-order valence-corrected chi connectivity index (χ1v) is 6.42. The van der Waals surface area contributed by atoms with E-state index in [1.54, 1.807) is 0 Å². The van der Waals surface area contributed by atoms with Gasteiger partial charge < -0.3 is 11.1 Å². The van der Waals surface area contributed by atoms with E-state index in [0.29, 0.717) is 6.54 Å². The molecule has 18 heavy (non-hydrogen) atoms. The van der Waals surface area contributed by atoms with Gasteiger partial charge in [-0.3, -0.25) is 4.90 Å². The largest absolute Gasteiger partial charge is 0.352 e. The number of hydrogen-bond donors (Lipinski definition) is 2. The van der Waals surface area contributed by atoms with Gasteiger partial charge in [-0.25, -0.2) is 4.79 Å². The fourth-order valence-electron chi connectivity index (χ4n) is 2.63. The molecule has 1 aromatic carbocycles. The summed E-state index contributed by atoms with van der Waals surface area (Å²) in [4.78, 5) is 13.3. The zero-order valence-corrected chi connectivity index (χ0v) is 10.9. The molecular weight excluding hydrogens is 226 g/mol. The highest BCUT2D eigenvalue weighted by molar-refractivity contribution is 5.71. The molecule has 98 valence electrons. The van der Waals surface area contributed by atoms with E-state index in [1.807, 2.05) is 6.07 Å². The van der Waals surface area contributed by atoms with Gasteiger partial charge in [-0.05, 0) is 31.9 Å². The summed E-state index contributed by atoms with van der Waals surface area (Å²) in [6, 6.07) is 9.99. The van der Waals surface area contributed by atoms with Crippen LogP contribution in [0, 0.1) is 0 Å². The van der Waals surface area contributed by atoms with Crippen LogP contribution in [0.2, 0.25) is 0 Å². The summed E-state index contributed by atoms with van der Waals surface area (Å²) < 4.78 is 0. The minimum absolute atomic E-state index is 0.0187. The minimum Gasteiger partial charge on any atom is -0.352 e. The van der Waals surface area contributed by atoms with Crippen molar-refractivity contribution in [2.75, 3.05) is 13.1 Å². The van der Waals surface area contributed by atoms with Gasteiger partial charge in [0.1, 0.15) is 0 Å². The molecule has 1 atom stereocenters. The van der Waals surface area contributed by atoms with Crippen LogP contribution < -0.4 is 11.1 Å². The predicted molar refractivity (Wildman–Crippen MR) is 72.1 cm³/mol. The van der Waals surface area contributed by atoms with Crippen molar-refractivity contribution in [3.05, 3.63) is 35.9 Å². The SMILES string of the molecule is CC1(CNC(N)=O)CCCN1Cc1ccccc1. The first-order valence-electron chi connectivity index (χ1n) is 6.42. The Morgan fingerprint density at radius 3 is 2.83 bits per heavy atom. The van der Waals surface area contributed by atoms with Gasteiger partial charge in [-0.15, -0.1) is 0 Å². The molecule has 1 heterocycles. The smallest absolute Gasteiger partial charge is 0.312 e. The third-order valence-corrected chi connectivity index (χ3v) is 3.77. The molecule has 1 saturated heterocycles. The van der Waals surface area contributed by atoms with Crippen LogP contribution >= 0.6 is 0 Å². The Bertz CT molecular complexity index is 407. The number of carbonyl (C=O) groups excluding carboxylic acids is 1. The second kappa shape index (κ2) is 5.40. The summed E-state index contributed by atoms with van der Waals surface area (Å²) in [7, 11) is 0. The van der Waals surface area contributed by atoms with Gasteiger partial charge in [-0.1, -0.05) is 30.3 Å². The molecule has 0 radical (unpaired) electrons. The summed E-state index contributed by atoms with van der Waals surface area (Å²) in [5.41, 5.74) is 6.49. The van der Waals surface area contributed by atoms with E-state index in [-0.39, 0.29) is 5.54 Å². The van der Waals surface area contributed by atoms with Crippen molar-refractivity contribution in [1.29, 1.82) is 0 Å². The average molecular weight is 247 g/mol. The van der Waals surface area contributed by atoms with Gasteiger partial charge in [0.05, 0.1) is 0 Å². The predicted octanol–water partition coefficient (Wildman–Crippen LogP) is 1.71. The molecule has 1 aromatic rings. The van der Waals surface area contributed by atoms with Crippen LogP contribution in [0.1, 0.15) is 25.3 Å². The fourth-order valence-corrected chi connectivity index (χ4v) is 2.63. The number of hydrogen-bond acceptors (Lipinski definition) is 2. The van der Waals surface area contributed by atoms with E-state index in [0.717, 1.165) is 19.5 Å². The Morgan fingerprint density at radius 1 is 1.44 bits per heavy atom. The number of nitrogens with two attached hydrogens (primary N) is 1. The zero-order chi connectivity index (χ0) is 13.0. The number of benzene rings is 1.